The van der Waals surface area contributed by atoms with Crippen molar-refractivity contribution in [1.82, 2.24) is 0 Å². The van der Waals surface area contributed by atoms with Crippen LogP contribution in [0.25, 0.3) is 0 Å². The number of ether oxygens (including phenoxy) is 2. The van der Waals surface area contributed by atoms with Crippen LogP contribution in [0.5, 0.6) is 5.75 Å². The zero-order valence-electron chi connectivity index (χ0n) is 19.6. The van der Waals surface area contributed by atoms with Crippen molar-refractivity contribution in [2.75, 3.05) is 0 Å². The Morgan fingerprint density at radius 3 is 2.58 bits per heavy atom. The molecule has 3 fully saturated rings. The van der Waals surface area contributed by atoms with Gasteiger partial charge in [0, 0.05) is 11.8 Å². The quantitative estimate of drug-likeness (QED) is 0.406. The van der Waals surface area contributed by atoms with E-state index in [-0.39, 0.29) is 11.2 Å². The molecule has 0 radical (unpaired) electrons. The summed E-state index contributed by atoms with van der Waals surface area (Å²) in [5.74, 6) is 0.180. The first-order chi connectivity index (χ1) is 16.9. The first kappa shape index (κ1) is 25.6. The summed E-state index contributed by atoms with van der Waals surface area (Å²) >= 11 is 0. The van der Waals surface area contributed by atoms with Crippen molar-refractivity contribution < 1.29 is 51.5 Å². The number of fused-ring (bicyclic) bond motifs is 5. The zero-order chi connectivity index (χ0) is 26.0. The highest BCUT2D eigenvalue weighted by atomic mass is 32.3. The fourth-order valence-electron chi connectivity index (χ4n) is 6.93. The van der Waals surface area contributed by atoms with E-state index in [0.717, 1.165) is 37.7 Å². The molecule has 1 aromatic carbocycles. The molecule has 11 nitrogen and oxygen atoms in total. The molecule has 4 aliphatic rings. The number of aliphatic carboxylic acids is 1. The van der Waals surface area contributed by atoms with Gasteiger partial charge in [0.2, 0.25) is 6.29 Å². The molecule has 0 spiro atoms. The van der Waals surface area contributed by atoms with E-state index in [1.807, 2.05) is 6.07 Å². The number of rotatable bonds is 5. The molecule has 9 atom stereocenters. The number of ketones is 1. The molecule has 0 amide bonds. The maximum Gasteiger partial charge on any atom is 0.397 e. The molecule has 36 heavy (non-hydrogen) atoms. The van der Waals surface area contributed by atoms with Crippen molar-refractivity contribution in [3.8, 4) is 5.75 Å². The van der Waals surface area contributed by atoms with Gasteiger partial charge in [-0.1, -0.05) is 13.0 Å². The second kappa shape index (κ2) is 9.03. The number of carbonyl (C=O) groups is 2. The van der Waals surface area contributed by atoms with Crippen molar-refractivity contribution in [2.24, 2.45) is 17.3 Å². The van der Waals surface area contributed by atoms with E-state index in [9.17, 15) is 33.3 Å². The minimum absolute atomic E-state index is 0.220. The number of carbonyl (C=O) groups excluding carboxylic acids is 1. The van der Waals surface area contributed by atoms with Gasteiger partial charge in [-0.05, 0) is 73.1 Å². The molecule has 1 aliphatic heterocycles. The monoisotopic (exact) mass is 526 g/mol. The molecular formula is C24H30O11S. The Labute approximate surface area is 208 Å². The SMILES string of the molecule is C[C@]12CC[C@@H]3c4ccc(O[C@@H]5O[C@H](C(=O)O)[C@@H](O)[C@H](OS(=O)(=O)O)[C@H]5O)cc4CC[C@H]3[C@@H]1CCC2=O. The number of hydrogen-bond donors (Lipinski definition) is 4. The molecule has 0 unspecified atom stereocenters. The zero-order valence-corrected chi connectivity index (χ0v) is 20.5. The van der Waals surface area contributed by atoms with Crippen LogP contribution in [0.15, 0.2) is 18.2 Å². The van der Waals surface area contributed by atoms with Crippen molar-refractivity contribution in [1.29, 1.82) is 0 Å². The molecular weight excluding hydrogens is 496 g/mol. The Kier molecular flexibility index (Phi) is 6.41. The number of carboxylic acids is 1. The number of benzene rings is 1. The standard InChI is InChI=1S/C24H30O11S/c1-24-9-8-14-13-5-3-12(10-11(13)2-4-15(14)16(24)6-7-17(24)25)33-23-19(27)20(35-36(30,31)32)18(26)21(34-23)22(28)29/h3,5,10,14-16,18-21,23,26-27H,2,4,6-9H2,1H3,(H,28,29)(H,30,31,32)/t14-,15-,16+,18+,19-,20+,21+,23-,24+/m1/s1. The summed E-state index contributed by atoms with van der Waals surface area (Å²) < 4.78 is 46.6. The summed E-state index contributed by atoms with van der Waals surface area (Å²) in [6, 6.07) is 5.39. The minimum Gasteiger partial charge on any atom is -0.479 e. The number of aliphatic hydroxyl groups excluding tert-OH is 2. The largest absolute Gasteiger partial charge is 0.479 e. The van der Waals surface area contributed by atoms with Crippen molar-refractivity contribution in [3.63, 3.8) is 0 Å². The molecule has 198 valence electrons. The molecule has 2 saturated carbocycles. The van der Waals surface area contributed by atoms with Gasteiger partial charge < -0.3 is 24.8 Å². The first-order valence-electron chi connectivity index (χ1n) is 12.1. The van der Waals surface area contributed by atoms with Gasteiger partial charge in [-0.2, -0.15) is 8.42 Å². The summed E-state index contributed by atoms with van der Waals surface area (Å²) in [5, 5.41) is 30.0. The second-order valence-corrected chi connectivity index (χ2v) is 11.6. The van der Waals surface area contributed by atoms with Gasteiger partial charge in [-0.3, -0.25) is 9.35 Å². The molecule has 0 bridgehead atoms. The molecule has 1 saturated heterocycles. The summed E-state index contributed by atoms with van der Waals surface area (Å²) in [5.41, 5.74) is 2.02. The number of Topliss-reactive ketones (excluding diaryl/α,β-unsaturated/α-hetero) is 1. The Bertz CT molecular complexity index is 1170. The van der Waals surface area contributed by atoms with Crippen LogP contribution in [-0.2, 0) is 35.3 Å². The molecule has 1 heterocycles. The van der Waals surface area contributed by atoms with Gasteiger partial charge in [0.1, 0.15) is 29.8 Å². The normalized spacial score (nSPS) is 40.2. The Morgan fingerprint density at radius 1 is 1.14 bits per heavy atom. The van der Waals surface area contributed by atoms with E-state index in [1.54, 1.807) is 12.1 Å². The summed E-state index contributed by atoms with van der Waals surface area (Å²) in [7, 11) is -5.12. The minimum atomic E-state index is -5.12. The maximum atomic E-state index is 12.5. The molecule has 12 heteroatoms. The summed E-state index contributed by atoms with van der Waals surface area (Å²) in [6.07, 6.45) is -4.58. The smallest absolute Gasteiger partial charge is 0.397 e. The van der Waals surface area contributed by atoms with Gasteiger partial charge in [0.25, 0.3) is 0 Å². The highest BCUT2D eigenvalue weighted by Gasteiger charge is 2.55. The van der Waals surface area contributed by atoms with E-state index in [0.29, 0.717) is 30.0 Å². The predicted molar refractivity (Wildman–Crippen MR) is 121 cm³/mol. The van der Waals surface area contributed by atoms with Crippen molar-refractivity contribution >= 4 is 22.2 Å². The van der Waals surface area contributed by atoms with Gasteiger partial charge in [0.05, 0.1) is 0 Å². The van der Waals surface area contributed by atoms with Gasteiger partial charge >= 0.3 is 16.4 Å². The fourth-order valence-corrected chi connectivity index (χ4v) is 7.44. The van der Waals surface area contributed by atoms with Crippen LogP contribution < -0.4 is 4.74 Å². The lowest BCUT2D eigenvalue weighted by molar-refractivity contribution is -0.266. The number of aryl methyl sites for hydroxylation is 1. The molecule has 0 aromatic heterocycles. The van der Waals surface area contributed by atoms with Crippen molar-refractivity contribution in [2.45, 2.75) is 82.1 Å². The van der Waals surface area contributed by atoms with Gasteiger partial charge in [-0.25, -0.2) is 8.98 Å². The fraction of sp³-hybridized carbons (Fsp3) is 0.667. The van der Waals surface area contributed by atoms with Crippen LogP contribution in [0.3, 0.4) is 0 Å². The number of carboxylic acid groups (broad SMARTS) is 1. The molecule has 1 aromatic rings. The lowest BCUT2D eigenvalue weighted by atomic mass is 9.55. The highest BCUT2D eigenvalue weighted by molar-refractivity contribution is 7.80. The van der Waals surface area contributed by atoms with E-state index in [4.69, 9.17) is 14.0 Å². The van der Waals surface area contributed by atoms with Crippen LogP contribution >= 0.6 is 0 Å². The van der Waals surface area contributed by atoms with Gasteiger partial charge in [-0.15, -0.1) is 0 Å². The summed E-state index contributed by atoms with van der Waals surface area (Å²) in [6.45, 7) is 2.12. The third-order valence-electron chi connectivity index (χ3n) is 8.68. The van der Waals surface area contributed by atoms with Crippen LogP contribution in [0.1, 0.15) is 56.1 Å². The van der Waals surface area contributed by atoms with Crippen molar-refractivity contribution in [3.05, 3.63) is 29.3 Å². The topological polar surface area (TPSA) is 177 Å². The third kappa shape index (κ3) is 4.33. The van der Waals surface area contributed by atoms with Crippen LogP contribution in [-0.4, -0.2) is 70.7 Å². The molecule has 5 rings (SSSR count). The molecule has 3 aliphatic carbocycles. The Morgan fingerprint density at radius 2 is 1.89 bits per heavy atom. The third-order valence-corrected chi connectivity index (χ3v) is 9.14. The Hall–Kier alpha value is -2.09. The van der Waals surface area contributed by atoms with Crippen LogP contribution in [0.4, 0.5) is 0 Å². The first-order valence-corrected chi connectivity index (χ1v) is 13.5. The lowest BCUT2D eigenvalue weighted by Crippen LogP contribution is -2.62. The van der Waals surface area contributed by atoms with Crippen LogP contribution in [0, 0.1) is 17.3 Å². The Balaban J connectivity index is 1.36. The maximum absolute atomic E-state index is 12.5. The average Bonchev–Trinajstić information content (AvgIpc) is 3.11. The lowest BCUT2D eigenvalue weighted by Gasteiger charge is -2.48. The van der Waals surface area contributed by atoms with Gasteiger partial charge in [0.15, 0.2) is 6.10 Å². The van der Waals surface area contributed by atoms with E-state index < -0.39 is 47.1 Å². The number of aliphatic hydroxyl groups is 2. The molecule has 4 N–H and O–H groups in total. The van der Waals surface area contributed by atoms with E-state index >= 15 is 0 Å². The van der Waals surface area contributed by atoms with E-state index in [2.05, 4.69) is 11.1 Å². The number of hydrogen-bond acceptors (Lipinski definition) is 9. The van der Waals surface area contributed by atoms with Crippen LogP contribution in [0.2, 0.25) is 0 Å². The second-order valence-electron chi connectivity index (χ2n) is 10.5. The summed E-state index contributed by atoms with van der Waals surface area (Å²) in [4.78, 5) is 24.1. The predicted octanol–water partition coefficient (Wildman–Crippen LogP) is 1.21. The van der Waals surface area contributed by atoms with E-state index in [1.165, 1.54) is 5.56 Å². The average molecular weight is 527 g/mol. The highest BCUT2D eigenvalue weighted by Crippen LogP contribution is 2.59.